The van der Waals surface area contributed by atoms with Gasteiger partial charge in [0, 0.05) is 24.8 Å². The van der Waals surface area contributed by atoms with Crippen molar-refractivity contribution in [3.8, 4) is 18.1 Å². The van der Waals surface area contributed by atoms with E-state index in [4.69, 9.17) is 21.7 Å². The number of unbranched alkanes of at least 4 members (excludes halogenated alkanes) is 1. The number of hydrogen-bond donors (Lipinski definition) is 3. The molecule has 36 heavy (non-hydrogen) atoms. The summed E-state index contributed by atoms with van der Waals surface area (Å²) < 4.78 is 18.5. The largest absolute Gasteiger partial charge is 0.524 e. The monoisotopic (exact) mass is 506 g/mol. The van der Waals surface area contributed by atoms with Crippen molar-refractivity contribution in [2.24, 2.45) is 0 Å². The van der Waals surface area contributed by atoms with Crippen LogP contribution in [0.15, 0.2) is 42.5 Å². The van der Waals surface area contributed by atoms with E-state index in [0.717, 1.165) is 47.1 Å². The number of phosphoric ester groups is 1. The molecule has 2 aromatic heterocycles. The fourth-order valence-electron chi connectivity index (χ4n) is 4.25. The van der Waals surface area contributed by atoms with Crippen LogP contribution in [0.2, 0.25) is 0 Å². The molecule has 0 fully saturated rings. The molecule has 0 saturated heterocycles. The summed E-state index contributed by atoms with van der Waals surface area (Å²) in [6.07, 6.45) is 8.09. The van der Waals surface area contributed by atoms with Gasteiger partial charge in [0.15, 0.2) is 5.82 Å². The molecule has 0 aliphatic heterocycles. The molecule has 4 rings (SSSR count). The highest BCUT2D eigenvalue weighted by molar-refractivity contribution is 7.46. The molecule has 4 aromatic rings. The lowest BCUT2D eigenvalue weighted by atomic mass is 10.0. The van der Waals surface area contributed by atoms with Crippen molar-refractivity contribution in [1.29, 1.82) is 0 Å². The number of aryl methyl sites for hydroxylation is 2. The Kier molecular flexibility index (Phi) is 7.41. The summed E-state index contributed by atoms with van der Waals surface area (Å²) in [5, 5.41) is 0.929. The van der Waals surface area contributed by atoms with Gasteiger partial charge in [-0.3, -0.25) is 14.6 Å². The number of imidazole rings is 1. The van der Waals surface area contributed by atoms with E-state index >= 15 is 0 Å². The van der Waals surface area contributed by atoms with Crippen LogP contribution in [-0.4, -0.2) is 30.1 Å². The molecule has 0 aliphatic carbocycles. The first-order valence-corrected chi connectivity index (χ1v) is 13.1. The van der Waals surface area contributed by atoms with Gasteiger partial charge in [-0.2, -0.15) is 0 Å². The number of carbonyl (C=O) groups excluding carboxylic acids is 1. The SMILES string of the molecule is C#CC(=O)CCc1cc(Cn2c(CCCC)nc3c(N)nc4ccccc4c32)ccc1OP(=O)(O)O. The Labute approximate surface area is 208 Å². The Balaban J connectivity index is 1.83. The Bertz CT molecular complexity index is 1530. The van der Waals surface area contributed by atoms with E-state index in [-0.39, 0.29) is 18.6 Å². The second kappa shape index (κ2) is 10.5. The second-order valence-electron chi connectivity index (χ2n) is 8.52. The predicted molar refractivity (Wildman–Crippen MR) is 138 cm³/mol. The van der Waals surface area contributed by atoms with Crippen molar-refractivity contribution in [1.82, 2.24) is 14.5 Å². The number of benzene rings is 2. The molecule has 2 aromatic carbocycles. The predicted octanol–water partition coefficient (Wildman–Crippen LogP) is 4.16. The minimum atomic E-state index is -4.79. The van der Waals surface area contributed by atoms with Gasteiger partial charge in [0.1, 0.15) is 17.1 Å². The van der Waals surface area contributed by atoms with Crippen molar-refractivity contribution in [3.63, 3.8) is 0 Å². The van der Waals surface area contributed by atoms with Crippen LogP contribution in [0, 0.1) is 12.3 Å². The van der Waals surface area contributed by atoms with E-state index in [1.165, 1.54) is 6.07 Å². The molecule has 10 heteroatoms. The molecular weight excluding hydrogens is 479 g/mol. The minimum absolute atomic E-state index is 0.0116. The molecule has 0 atom stereocenters. The standard InChI is InChI=1S/C26H27N4O5P/c1-3-5-10-23-29-24-25(20-8-6-7-9-21(20)28-26(24)27)30(23)16-17-11-14-22(35-36(32,33)34)18(15-17)12-13-19(31)4-2/h2,6-9,11,14-15H,3,5,10,12-13,16H2,1H3,(H2,27,28)(H2,32,33,34). The lowest BCUT2D eigenvalue weighted by molar-refractivity contribution is -0.113. The van der Waals surface area contributed by atoms with Crippen LogP contribution in [0.4, 0.5) is 5.82 Å². The zero-order valence-corrected chi connectivity index (χ0v) is 20.7. The third kappa shape index (κ3) is 5.58. The first kappa shape index (κ1) is 25.4. The first-order chi connectivity index (χ1) is 17.2. The highest BCUT2D eigenvalue weighted by Crippen LogP contribution is 2.40. The Morgan fingerprint density at radius 3 is 2.69 bits per heavy atom. The molecule has 0 amide bonds. The Morgan fingerprint density at radius 1 is 1.19 bits per heavy atom. The highest BCUT2D eigenvalue weighted by Gasteiger charge is 2.21. The van der Waals surface area contributed by atoms with Gasteiger partial charge in [0.2, 0.25) is 5.78 Å². The van der Waals surface area contributed by atoms with Crippen molar-refractivity contribution in [2.75, 3.05) is 5.73 Å². The number of para-hydroxylation sites is 1. The summed E-state index contributed by atoms with van der Waals surface area (Å²) in [4.78, 5) is 39.7. The highest BCUT2D eigenvalue weighted by atomic mass is 31.2. The maximum Gasteiger partial charge on any atom is 0.524 e. The van der Waals surface area contributed by atoms with E-state index in [1.54, 1.807) is 12.1 Å². The molecule has 0 saturated carbocycles. The average Bonchev–Trinajstić information content (AvgIpc) is 3.20. The number of ketones is 1. The molecule has 4 N–H and O–H groups in total. The molecule has 2 heterocycles. The number of terminal acetylenes is 1. The molecule has 9 nitrogen and oxygen atoms in total. The van der Waals surface area contributed by atoms with Gasteiger partial charge in [0.05, 0.1) is 11.0 Å². The molecular formula is C26H27N4O5P. The number of nitrogens with zero attached hydrogens (tertiary/aromatic N) is 3. The number of nitrogens with two attached hydrogens (primary N) is 1. The number of nitrogen functional groups attached to an aromatic ring is 1. The molecule has 0 bridgehead atoms. The van der Waals surface area contributed by atoms with Crippen LogP contribution < -0.4 is 10.3 Å². The molecule has 0 spiro atoms. The Morgan fingerprint density at radius 2 is 1.97 bits per heavy atom. The van der Waals surface area contributed by atoms with E-state index in [9.17, 15) is 19.1 Å². The summed E-state index contributed by atoms with van der Waals surface area (Å²) >= 11 is 0. The second-order valence-corrected chi connectivity index (χ2v) is 9.68. The average molecular weight is 506 g/mol. The van der Waals surface area contributed by atoms with Crippen molar-refractivity contribution < 1.29 is 23.7 Å². The van der Waals surface area contributed by atoms with Gasteiger partial charge >= 0.3 is 7.82 Å². The number of rotatable bonds is 10. The number of carbonyl (C=O) groups is 1. The lowest BCUT2D eigenvalue weighted by Crippen LogP contribution is -2.07. The smallest absolute Gasteiger partial charge is 0.404 e. The number of Topliss-reactive ketones (excluding diaryl/α,β-unsaturated/α-hetero) is 1. The summed E-state index contributed by atoms with van der Waals surface area (Å²) in [5.74, 6) is 2.90. The summed E-state index contributed by atoms with van der Waals surface area (Å²) in [7, 11) is -4.79. The number of phosphoric acid groups is 1. The van der Waals surface area contributed by atoms with Crippen LogP contribution in [0.5, 0.6) is 5.75 Å². The van der Waals surface area contributed by atoms with Crippen LogP contribution in [-0.2, 0) is 28.7 Å². The van der Waals surface area contributed by atoms with E-state index in [1.807, 2.05) is 24.3 Å². The minimum Gasteiger partial charge on any atom is -0.404 e. The van der Waals surface area contributed by atoms with Crippen LogP contribution in [0.25, 0.3) is 21.9 Å². The number of anilines is 1. The van der Waals surface area contributed by atoms with Gasteiger partial charge in [-0.05, 0) is 42.0 Å². The zero-order chi connectivity index (χ0) is 25.9. The summed E-state index contributed by atoms with van der Waals surface area (Å²) in [6.45, 7) is 2.54. The molecule has 0 radical (unpaired) electrons. The van der Waals surface area contributed by atoms with Gasteiger partial charge in [0.25, 0.3) is 0 Å². The summed E-state index contributed by atoms with van der Waals surface area (Å²) in [5.41, 5.74) is 9.89. The Hall–Kier alpha value is -3.70. The third-order valence-electron chi connectivity index (χ3n) is 5.91. The third-order valence-corrected chi connectivity index (χ3v) is 6.34. The van der Waals surface area contributed by atoms with E-state index in [2.05, 4.69) is 22.4 Å². The zero-order valence-electron chi connectivity index (χ0n) is 19.8. The first-order valence-electron chi connectivity index (χ1n) is 11.6. The topological polar surface area (TPSA) is 141 Å². The number of fused-ring (bicyclic) bond motifs is 3. The lowest BCUT2D eigenvalue weighted by Gasteiger charge is -2.15. The molecule has 186 valence electrons. The van der Waals surface area contributed by atoms with Crippen LogP contribution in [0.1, 0.15) is 43.1 Å². The van der Waals surface area contributed by atoms with Crippen LogP contribution >= 0.6 is 7.82 Å². The number of aromatic nitrogens is 3. The van der Waals surface area contributed by atoms with E-state index < -0.39 is 13.6 Å². The van der Waals surface area contributed by atoms with Gasteiger partial charge in [-0.15, -0.1) is 6.42 Å². The molecule has 0 unspecified atom stereocenters. The quantitative estimate of drug-likeness (QED) is 0.165. The fraction of sp³-hybridized carbons (Fsp3) is 0.269. The van der Waals surface area contributed by atoms with Crippen molar-refractivity contribution >= 4 is 41.4 Å². The fourth-order valence-corrected chi connectivity index (χ4v) is 4.68. The van der Waals surface area contributed by atoms with Gasteiger partial charge in [-0.1, -0.05) is 43.7 Å². The van der Waals surface area contributed by atoms with Gasteiger partial charge < -0.3 is 14.8 Å². The maximum atomic E-state index is 11.7. The maximum absolute atomic E-state index is 11.7. The number of pyridine rings is 1. The van der Waals surface area contributed by atoms with Gasteiger partial charge in [-0.25, -0.2) is 14.5 Å². The van der Waals surface area contributed by atoms with E-state index in [0.29, 0.717) is 23.4 Å². The molecule has 0 aliphatic rings. The van der Waals surface area contributed by atoms with Crippen molar-refractivity contribution in [3.05, 3.63) is 59.4 Å². The van der Waals surface area contributed by atoms with Crippen LogP contribution in [0.3, 0.4) is 0 Å². The summed E-state index contributed by atoms with van der Waals surface area (Å²) in [6, 6.07) is 12.8. The normalized spacial score (nSPS) is 11.6. The number of hydrogen-bond acceptors (Lipinski definition) is 6. The van der Waals surface area contributed by atoms with Crippen molar-refractivity contribution in [2.45, 2.75) is 45.6 Å².